The van der Waals surface area contributed by atoms with Crippen LogP contribution < -0.4 is 11.2 Å². The van der Waals surface area contributed by atoms with Gasteiger partial charge in [0.25, 0.3) is 5.56 Å². The smallest absolute Gasteiger partial charge is 0.390 e. The number of aromatic nitrogens is 2. The van der Waals surface area contributed by atoms with Crippen molar-refractivity contribution in [1.82, 2.24) is 9.55 Å². The summed E-state index contributed by atoms with van der Waals surface area (Å²) in [6.07, 6.45) is -3.99. The standard InChI is InChI=1S/C9H14FN2O14P3/c10-4-2-12(9(15)11-8(4)14)7-1-5(13)6(24-7)3-23-28(19,20)26-29(21,22)25-27(16,17)18/h2,5-7,13H,1,3H2,(H,19,20)(H,21,22)(H,11,14,15)(H2,16,17,18)/t5-,6+,7+/m0/s1. The lowest BCUT2D eigenvalue weighted by atomic mass is 10.2. The van der Waals surface area contributed by atoms with Gasteiger partial charge in [-0.1, -0.05) is 0 Å². The van der Waals surface area contributed by atoms with Crippen LogP contribution in [-0.4, -0.2) is 53.0 Å². The molecule has 2 heterocycles. The molecular weight excluding hydrogens is 472 g/mol. The van der Waals surface area contributed by atoms with Crippen LogP contribution in [0.5, 0.6) is 0 Å². The average molecular weight is 486 g/mol. The van der Waals surface area contributed by atoms with Crippen LogP contribution in [0.15, 0.2) is 15.8 Å². The monoisotopic (exact) mass is 486 g/mol. The van der Waals surface area contributed by atoms with Crippen LogP contribution in [0.2, 0.25) is 0 Å². The molecule has 0 bridgehead atoms. The minimum absolute atomic E-state index is 0.337. The van der Waals surface area contributed by atoms with Gasteiger partial charge >= 0.3 is 29.2 Å². The molecule has 1 fully saturated rings. The summed E-state index contributed by atoms with van der Waals surface area (Å²) in [7, 11) is -16.7. The Labute approximate surface area is 158 Å². The van der Waals surface area contributed by atoms with Crippen molar-refractivity contribution >= 4 is 23.5 Å². The van der Waals surface area contributed by atoms with E-state index in [0.29, 0.717) is 10.8 Å². The van der Waals surface area contributed by atoms with Crippen LogP contribution in [0.3, 0.4) is 0 Å². The maximum absolute atomic E-state index is 13.3. The summed E-state index contributed by atoms with van der Waals surface area (Å²) < 4.78 is 63.8. The Morgan fingerprint density at radius 3 is 2.38 bits per heavy atom. The molecule has 0 amide bonds. The Morgan fingerprint density at radius 2 is 1.79 bits per heavy atom. The number of phosphoric ester groups is 1. The van der Waals surface area contributed by atoms with E-state index in [2.05, 4.69) is 13.1 Å². The third kappa shape index (κ3) is 7.00. The molecule has 0 radical (unpaired) electrons. The normalized spacial score (nSPS) is 26.8. The van der Waals surface area contributed by atoms with Crippen LogP contribution in [0.1, 0.15) is 12.6 Å². The molecule has 2 unspecified atom stereocenters. The predicted molar refractivity (Wildman–Crippen MR) is 85.6 cm³/mol. The highest BCUT2D eigenvalue weighted by atomic mass is 31.3. The summed E-state index contributed by atoms with van der Waals surface area (Å²) in [5.74, 6) is -1.32. The average Bonchev–Trinajstić information content (AvgIpc) is 2.86. The number of nitrogens with zero attached hydrogens (tertiary/aromatic N) is 1. The number of phosphoric acid groups is 3. The first-order valence-corrected chi connectivity index (χ1v) is 11.7. The molecule has 1 saturated heterocycles. The molecule has 1 aromatic heterocycles. The number of hydrogen-bond acceptors (Lipinski definition) is 10. The fourth-order valence-electron chi connectivity index (χ4n) is 2.18. The van der Waals surface area contributed by atoms with E-state index in [1.54, 1.807) is 4.98 Å². The summed E-state index contributed by atoms with van der Waals surface area (Å²) in [6, 6.07) is 0. The van der Waals surface area contributed by atoms with Crippen LogP contribution in [-0.2, 0) is 31.6 Å². The number of hydrogen-bond donors (Lipinski definition) is 6. The van der Waals surface area contributed by atoms with E-state index in [1.807, 2.05) is 0 Å². The molecule has 16 nitrogen and oxygen atoms in total. The van der Waals surface area contributed by atoms with Crippen LogP contribution in [0.4, 0.5) is 4.39 Å². The summed E-state index contributed by atoms with van der Waals surface area (Å²) in [6.45, 7) is -0.970. The molecular formula is C9H14FN2O14P3. The van der Waals surface area contributed by atoms with E-state index in [4.69, 9.17) is 19.4 Å². The van der Waals surface area contributed by atoms with Crippen LogP contribution in [0.25, 0.3) is 0 Å². The Bertz CT molecular complexity index is 1020. The van der Waals surface area contributed by atoms with Crippen molar-refractivity contribution in [1.29, 1.82) is 0 Å². The molecule has 0 spiro atoms. The lowest BCUT2D eigenvalue weighted by Gasteiger charge is -2.19. The first-order chi connectivity index (χ1) is 13.1. The van der Waals surface area contributed by atoms with Gasteiger partial charge in [-0.2, -0.15) is 13.0 Å². The molecule has 0 aliphatic carbocycles. The van der Waals surface area contributed by atoms with Crippen molar-refractivity contribution in [3.05, 3.63) is 32.9 Å². The number of aliphatic hydroxyl groups is 1. The number of aromatic amines is 1. The quantitative estimate of drug-likeness (QED) is 0.233. The second-order valence-electron chi connectivity index (χ2n) is 5.46. The van der Waals surface area contributed by atoms with Gasteiger partial charge in [0.2, 0.25) is 5.82 Å². The van der Waals surface area contributed by atoms with Gasteiger partial charge in [0.15, 0.2) is 0 Å². The zero-order chi connectivity index (χ0) is 22.2. The summed E-state index contributed by atoms with van der Waals surface area (Å²) in [4.78, 5) is 59.6. The zero-order valence-electron chi connectivity index (χ0n) is 13.8. The molecule has 1 aliphatic rings. The van der Waals surface area contributed by atoms with Crippen LogP contribution >= 0.6 is 23.5 Å². The molecule has 1 aliphatic heterocycles. The minimum Gasteiger partial charge on any atom is -0.390 e. The summed E-state index contributed by atoms with van der Waals surface area (Å²) in [5, 5.41) is 9.89. The highest BCUT2D eigenvalue weighted by molar-refractivity contribution is 7.66. The molecule has 166 valence electrons. The van der Waals surface area contributed by atoms with Gasteiger partial charge in [-0.25, -0.2) is 18.5 Å². The number of ether oxygens (including phenoxy) is 1. The summed E-state index contributed by atoms with van der Waals surface area (Å²) in [5.41, 5.74) is -2.35. The van der Waals surface area contributed by atoms with E-state index in [9.17, 15) is 37.7 Å². The van der Waals surface area contributed by atoms with E-state index < -0.39 is 65.6 Å². The topological polar surface area (TPSA) is 244 Å². The first kappa shape index (κ1) is 24.2. The number of nitrogens with one attached hydrogen (secondary N) is 1. The van der Waals surface area contributed by atoms with Gasteiger partial charge in [-0.15, -0.1) is 0 Å². The van der Waals surface area contributed by atoms with Crippen molar-refractivity contribution in [2.45, 2.75) is 24.9 Å². The lowest BCUT2D eigenvalue weighted by molar-refractivity contribution is -0.0452. The van der Waals surface area contributed by atoms with E-state index in [-0.39, 0.29) is 6.42 Å². The number of rotatable bonds is 8. The molecule has 0 aromatic carbocycles. The van der Waals surface area contributed by atoms with Crippen molar-refractivity contribution in [2.75, 3.05) is 6.61 Å². The summed E-state index contributed by atoms with van der Waals surface area (Å²) >= 11 is 0. The van der Waals surface area contributed by atoms with Gasteiger partial charge in [0, 0.05) is 6.42 Å². The molecule has 29 heavy (non-hydrogen) atoms. The minimum atomic E-state index is -5.71. The van der Waals surface area contributed by atoms with E-state index in [1.165, 1.54) is 0 Å². The molecule has 5 atom stereocenters. The number of aliphatic hydroxyl groups excluding tert-OH is 1. The fraction of sp³-hybridized carbons (Fsp3) is 0.556. The Kier molecular flexibility index (Phi) is 7.17. The van der Waals surface area contributed by atoms with Gasteiger partial charge in [-0.3, -0.25) is 18.9 Å². The third-order valence-corrected chi connectivity index (χ3v) is 7.06. The molecule has 2 rings (SSSR count). The van der Waals surface area contributed by atoms with Crippen molar-refractivity contribution in [3.8, 4) is 0 Å². The van der Waals surface area contributed by atoms with Gasteiger partial charge < -0.3 is 29.4 Å². The Balaban J connectivity index is 2.03. The van der Waals surface area contributed by atoms with Gasteiger partial charge in [0.05, 0.1) is 18.9 Å². The zero-order valence-corrected chi connectivity index (χ0v) is 16.5. The molecule has 0 saturated carbocycles. The third-order valence-electron chi connectivity index (χ3n) is 3.26. The van der Waals surface area contributed by atoms with Crippen molar-refractivity contribution < 1.29 is 60.6 Å². The SMILES string of the molecule is O=c1[nH]c(=O)n([C@H]2C[C@H](O)[C@@H](COP(=O)(O)OP(=O)(O)OP(=O)(O)O)O2)cc1F. The maximum atomic E-state index is 13.3. The number of halogens is 1. The lowest BCUT2D eigenvalue weighted by Crippen LogP contribution is -2.34. The number of H-pyrrole nitrogens is 1. The van der Waals surface area contributed by atoms with Crippen LogP contribution in [0, 0.1) is 5.82 Å². The highest BCUT2D eigenvalue weighted by Crippen LogP contribution is 2.66. The maximum Gasteiger partial charge on any atom is 0.490 e. The molecule has 1 aromatic rings. The van der Waals surface area contributed by atoms with E-state index >= 15 is 0 Å². The Hall–Kier alpha value is -1.06. The van der Waals surface area contributed by atoms with Crippen molar-refractivity contribution in [3.63, 3.8) is 0 Å². The molecule has 20 heteroatoms. The molecule has 6 N–H and O–H groups in total. The highest BCUT2D eigenvalue weighted by Gasteiger charge is 2.43. The van der Waals surface area contributed by atoms with Crippen molar-refractivity contribution in [2.24, 2.45) is 0 Å². The first-order valence-electron chi connectivity index (χ1n) is 7.21. The second-order valence-corrected chi connectivity index (χ2v) is 9.88. The van der Waals surface area contributed by atoms with Gasteiger partial charge in [-0.05, 0) is 0 Å². The Morgan fingerprint density at radius 1 is 1.17 bits per heavy atom. The second kappa shape index (κ2) is 8.59. The van der Waals surface area contributed by atoms with E-state index in [0.717, 1.165) is 0 Å². The predicted octanol–water partition coefficient (Wildman–Crippen LogP) is -1.33. The fourth-order valence-corrected chi connectivity index (χ4v) is 5.21. The largest absolute Gasteiger partial charge is 0.490 e. The van der Waals surface area contributed by atoms with Gasteiger partial charge in [0.1, 0.15) is 12.3 Å².